The lowest BCUT2D eigenvalue weighted by Crippen LogP contribution is -2.52. The van der Waals surface area contributed by atoms with Crippen LogP contribution in [0.3, 0.4) is 0 Å². The van der Waals surface area contributed by atoms with Crippen LogP contribution in [0.15, 0.2) is 21.7 Å². The van der Waals surface area contributed by atoms with Crippen molar-refractivity contribution in [1.29, 1.82) is 0 Å². The number of ketones is 1. The van der Waals surface area contributed by atoms with E-state index in [2.05, 4.69) is 25.0 Å². The summed E-state index contributed by atoms with van der Waals surface area (Å²) >= 11 is 10.6. The molecule has 8 rings (SSSR count). The number of hydrogen-bond donors (Lipinski definition) is 2. The van der Waals surface area contributed by atoms with E-state index in [-0.39, 0.29) is 81.5 Å². The SMILES string of the molecule is COC(=O)c1sc(Cl)cc1S(=O)(=O)CCc1scc2c1CN(C1CCC(=O)NC1=O)C2=O.Cc1nnsc1C(=O)CCc1scc2c1CN(C1CCC(=O)NC1=O)C2=O. The van der Waals surface area contributed by atoms with Gasteiger partial charge >= 0.3 is 5.97 Å². The topological polar surface area (TPSA) is 236 Å². The van der Waals surface area contributed by atoms with Gasteiger partial charge in [-0.05, 0) is 61.3 Å². The highest BCUT2D eigenvalue weighted by atomic mass is 35.5. The largest absolute Gasteiger partial charge is 0.465 e. The van der Waals surface area contributed by atoms with E-state index in [1.807, 2.05) is 0 Å². The number of piperidine rings is 2. The quantitative estimate of drug-likeness (QED) is 0.125. The first kappa shape index (κ1) is 42.4. The van der Waals surface area contributed by atoms with Crippen LogP contribution in [0.5, 0.6) is 0 Å². The highest BCUT2D eigenvalue weighted by Gasteiger charge is 2.42. The number of aromatic nitrogens is 2. The van der Waals surface area contributed by atoms with Gasteiger partial charge in [0.05, 0.1) is 38.9 Å². The smallest absolute Gasteiger partial charge is 0.349 e. The van der Waals surface area contributed by atoms with Gasteiger partial charge in [0.2, 0.25) is 23.6 Å². The fraction of sp³-hybridized carbons (Fsp3) is 0.389. The molecule has 4 aliphatic heterocycles. The van der Waals surface area contributed by atoms with Gasteiger partial charge in [-0.3, -0.25) is 44.2 Å². The molecule has 0 bridgehead atoms. The lowest BCUT2D eigenvalue weighted by Gasteiger charge is -2.29. The first-order valence-corrected chi connectivity index (χ1v) is 23.4. The van der Waals surface area contributed by atoms with Crippen molar-refractivity contribution >= 4 is 114 Å². The summed E-state index contributed by atoms with van der Waals surface area (Å²) in [5.74, 6) is -3.14. The molecule has 4 aliphatic rings. The minimum absolute atomic E-state index is 0.00370. The van der Waals surface area contributed by atoms with Gasteiger partial charge in [0, 0.05) is 52.9 Å². The average Bonchev–Trinajstić information content (AvgIpc) is 4.05. The predicted molar refractivity (Wildman–Crippen MR) is 214 cm³/mol. The molecule has 0 saturated carbocycles. The summed E-state index contributed by atoms with van der Waals surface area (Å²) in [6, 6.07) is -0.112. The highest BCUT2D eigenvalue weighted by Crippen LogP contribution is 2.37. The Morgan fingerprint density at radius 1 is 0.864 bits per heavy atom. The maximum Gasteiger partial charge on any atom is 0.349 e. The number of Topliss-reactive ketones (excluding diaryl/α,β-unsaturated/α-hetero) is 1. The molecule has 310 valence electrons. The molecular weight excluding hydrogens is 888 g/mol. The van der Waals surface area contributed by atoms with Crippen molar-refractivity contribution in [3.05, 3.63) is 68.6 Å². The number of hydrogen-bond acceptors (Lipinski definition) is 17. The maximum absolute atomic E-state index is 12.9. The number of nitrogens with zero attached hydrogens (tertiary/aromatic N) is 4. The molecule has 0 aromatic carbocycles. The van der Waals surface area contributed by atoms with Crippen molar-refractivity contribution in [1.82, 2.24) is 30.0 Å². The van der Waals surface area contributed by atoms with E-state index in [1.54, 1.807) is 17.7 Å². The zero-order valence-corrected chi connectivity index (χ0v) is 36.0. The van der Waals surface area contributed by atoms with E-state index in [0.717, 1.165) is 40.4 Å². The summed E-state index contributed by atoms with van der Waals surface area (Å²) in [6.07, 6.45) is 1.98. The van der Waals surface area contributed by atoms with Crippen molar-refractivity contribution in [2.24, 2.45) is 0 Å². The summed E-state index contributed by atoms with van der Waals surface area (Å²) in [5.41, 5.74) is 3.27. The van der Waals surface area contributed by atoms with E-state index in [4.69, 9.17) is 11.6 Å². The number of aryl methyl sites for hydroxylation is 3. The van der Waals surface area contributed by atoms with Gasteiger partial charge < -0.3 is 14.5 Å². The number of fused-ring (bicyclic) bond motifs is 2. The van der Waals surface area contributed by atoms with Gasteiger partial charge in [-0.15, -0.1) is 39.1 Å². The van der Waals surface area contributed by atoms with Crippen molar-refractivity contribution in [2.75, 3.05) is 12.9 Å². The Morgan fingerprint density at radius 2 is 1.41 bits per heavy atom. The summed E-state index contributed by atoms with van der Waals surface area (Å²) < 4.78 is 34.4. The van der Waals surface area contributed by atoms with E-state index in [1.165, 1.54) is 38.5 Å². The van der Waals surface area contributed by atoms with Crippen LogP contribution >= 0.6 is 57.1 Å². The number of nitrogens with one attached hydrogen (secondary N) is 2. The fourth-order valence-electron chi connectivity index (χ4n) is 7.20. The zero-order valence-electron chi connectivity index (χ0n) is 31.2. The molecule has 2 saturated heterocycles. The molecule has 4 aromatic heterocycles. The lowest BCUT2D eigenvalue weighted by molar-refractivity contribution is -0.138. The lowest BCUT2D eigenvalue weighted by atomic mass is 10.0. The van der Waals surface area contributed by atoms with E-state index in [0.29, 0.717) is 57.9 Å². The van der Waals surface area contributed by atoms with Crippen molar-refractivity contribution in [2.45, 2.75) is 81.9 Å². The van der Waals surface area contributed by atoms with E-state index >= 15 is 0 Å². The van der Waals surface area contributed by atoms with Crippen molar-refractivity contribution < 1.29 is 51.5 Å². The Bertz CT molecular complexity index is 2560. The number of methoxy groups -OCH3 is 1. The second-order valence-electron chi connectivity index (χ2n) is 13.8. The molecule has 2 unspecified atom stereocenters. The molecule has 8 heterocycles. The number of amides is 6. The molecule has 6 amide bonds. The minimum atomic E-state index is -3.85. The molecule has 0 spiro atoms. The molecule has 17 nitrogen and oxygen atoms in total. The first-order chi connectivity index (χ1) is 28.1. The van der Waals surface area contributed by atoms with Gasteiger partial charge in [0.1, 0.15) is 21.8 Å². The molecule has 59 heavy (non-hydrogen) atoms. The van der Waals surface area contributed by atoms with Crippen LogP contribution in [0, 0.1) is 6.92 Å². The summed E-state index contributed by atoms with van der Waals surface area (Å²) in [6.45, 7) is 2.28. The number of ether oxygens (including phenoxy) is 1. The number of imide groups is 2. The Morgan fingerprint density at radius 3 is 1.90 bits per heavy atom. The van der Waals surface area contributed by atoms with Crippen LogP contribution in [-0.4, -0.2) is 99.9 Å². The average molecular weight is 921 g/mol. The van der Waals surface area contributed by atoms with E-state index < -0.39 is 39.7 Å². The second kappa shape index (κ2) is 17.1. The van der Waals surface area contributed by atoms with Crippen LogP contribution in [0.25, 0.3) is 0 Å². The van der Waals surface area contributed by atoms with Crippen molar-refractivity contribution in [3.8, 4) is 0 Å². The van der Waals surface area contributed by atoms with Gasteiger partial charge in [-0.25, -0.2) is 13.2 Å². The molecule has 0 radical (unpaired) electrons. The van der Waals surface area contributed by atoms with Gasteiger partial charge in [-0.2, -0.15) is 0 Å². The summed E-state index contributed by atoms with van der Waals surface area (Å²) in [5, 5.41) is 11.9. The Balaban J connectivity index is 0.000000181. The molecule has 2 atom stereocenters. The number of carbonyl (C=O) groups excluding carboxylic acids is 8. The standard InChI is InChI=1S/C19H17ClN2O7S3.C17H16N4O4S2/c1-29-19(26)16-13(6-14(20)31-16)32(27,28)5-4-12-9-7-22(18(25)10(9)8-30-12)11-2-3-15(23)21-17(11)24;1-8-15(27-20-19-8)12(22)3-4-13-9-6-21(17(25)10(9)7-26-13)11-2-5-14(23)18-16(11)24/h6,8,11H,2-5,7H2,1H3,(H,21,23,24);7,11H,2-6H2,1H3,(H,18,23,24). The van der Waals surface area contributed by atoms with Crippen LogP contribution < -0.4 is 10.6 Å². The van der Waals surface area contributed by atoms with Crippen LogP contribution in [-0.2, 0) is 59.7 Å². The highest BCUT2D eigenvalue weighted by molar-refractivity contribution is 7.91. The first-order valence-electron chi connectivity index (χ1n) is 18.0. The molecule has 23 heteroatoms. The van der Waals surface area contributed by atoms with Crippen LogP contribution in [0.2, 0.25) is 4.34 Å². The maximum atomic E-state index is 12.9. The minimum Gasteiger partial charge on any atom is -0.465 e. The second-order valence-corrected chi connectivity index (χ2v) is 20.3. The normalized spacial score (nSPS) is 19.0. The number of sulfone groups is 1. The molecule has 2 fully saturated rings. The number of thiophene rings is 3. The number of rotatable bonds is 11. The third-order valence-corrected chi connectivity index (χ3v) is 16.4. The summed E-state index contributed by atoms with van der Waals surface area (Å²) in [4.78, 5) is 102. The third kappa shape index (κ3) is 8.51. The number of halogens is 1. The van der Waals surface area contributed by atoms with Gasteiger partial charge in [-0.1, -0.05) is 16.1 Å². The van der Waals surface area contributed by atoms with Crippen LogP contribution in [0.4, 0.5) is 0 Å². The molecule has 4 aromatic rings. The zero-order chi connectivity index (χ0) is 42.3. The Labute approximate surface area is 357 Å². The fourth-order valence-corrected chi connectivity index (χ4v) is 13.1. The molecule has 0 aliphatic carbocycles. The third-order valence-electron chi connectivity index (χ3n) is 10.2. The van der Waals surface area contributed by atoms with Gasteiger partial charge in [0.25, 0.3) is 11.8 Å². The molecule has 2 N–H and O–H groups in total. The summed E-state index contributed by atoms with van der Waals surface area (Å²) in [7, 11) is -2.69. The molecular formula is C36H33ClN6O11S5. The predicted octanol–water partition coefficient (Wildman–Crippen LogP) is 3.51. The van der Waals surface area contributed by atoms with Crippen molar-refractivity contribution in [3.63, 3.8) is 0 Å². The number of esters is 1. The number of carbonyl (C=O) groups is 8. The van der Waals surface area contributed by atoms with Crippen LogP contribution in [0.1, 0.15) is 98.7 Å². The van der Waals surface area contributed by atoms with E-state index in [9.17, 15) is 46.8 Å². The van der Waals surface area contributed by atoms with Gasteiger partial charge in [0.15, 0.2) is 15.6 Å². The monoisotopic (exact) mass is 920 g/mol. The Hall–Kier alpha value is -4.74. The Kier molecular flexibility index (Phi) is 12.3.